The zero-order valence-corrected chi connectivity index (χ0v) is 14.3. The average Bonchev–Trinajstić information content (AvgIpc) is 3.25. The number of urea groups is 1. The molecule has 1 aromatic heterocycles. The maximum Gasteiger partial charge on any atom is 0.322 e. The highest BCUT2D eigenvalue weighted by Crippen LogP contribution is 2.28. The van der Waals surface area contributed by atoms with E-state index in [2.05, 4.69) is 20.8 Å². The van der Waals surface area contributed by atoms with Crippen LogP contribution in [-0.2, 0) is 13.1 Å². The Morgan fingerprint density at radius 3 is 2.52 bits per heavy atom. The summed E-state index contributed by atoms with van der Waals surface area (Å²) in [5.41, 5.74) is 2.33. The van der Waals surface area contributed by atoms with Gasteiger partial charge >= 0.3 is 6.03 Å². The minimum Gasteiger partial charge on any atom is -0.507 e. The molecule has 8 heteroatoms. The van der Waals surface area contributed by atoms with Crippen molar-refractivity contribution in [3.8, 4) is 5.75 Å². The lowest BCUT2D eigenvalue weighted by molar-refractivity contribution is 0.102. The van der Waals surface area contributed by atoms with Gasteiger partial charge in [0.1, 0.15) is 11.6 Å². The normalized spacial score (nSPS) is 12.5. The van der Waals surface area contributed by atoms with Crippen molar-refractivity contribution in [1.29, 1.82) is 0 Å². The molecular weight excluding hydrogens is 346 g/mol. The van der Waals surface area contributed by atoms with E-state index in [-0.39, 0.29) is 17.3 Å². The summed E-state index contributed by atoms with van der Waals surface area (Å²) in [5, 5.41) is 22.3. The van der Waals surface area contributed by atoms with Crippen molar-refractivity contribution >= 4 is 23.4 Å². The van der Waals surface area contributed by atoms with Gasteiger partial charge in [0.05, 0.1) is 24.3 Å². The van der Waals surface area contributed by atoms with Crippen LogP contribution >= 0.6 is 0 Å². The van der Waals surface area contributed by atoms with Crippen LogP contribution in [0.15, 0.2) is 54.6 Å². The first-order valence-corrected chi connectivity index (χ1v) is 8.38. The van der Waals surface area contributed by atoms with Crippen molar-refractivity contribution in [2.24, 2.45) is 0 Å². The van der Waals surface area contributed by atoms with E-state index in [1.807, 2.05) is 30.3 Å². The average molecular weight is 363 g/mol. The van der Waals surface area contributed by atoms with Crippen molar-refractivity contribution in [3.63, 3.8) is 0 Å². The lowest BCUT2D eigenvalue weighted by Crippen LogP contribution is -2.30. The van der Waals surface area contributed by atoms with Gasteiger partial charge in [-0.25, -0.2) is 4.79 Å². The third-order valence-electron chi connectivity index (χ3n) is 4.34. The summed E-state index contributed by atoms with van der Waals surface area (Å²) in [5.74, 6) is -0.130. The fourth-order valence-electron chi connectivity index (χ4n) is 2.95. The minimum atomic E-state index is -0.452. The zero-order chi connectivity index (χ0) is 18.8. The number of carbonyl (C=O) groups excluding carboxylic acids is 2. The van der Waals surface area contributed by atoms with Gasteiger partial charge in [-0.05, 0) is 24.3 Å². The van der Waals surface area contributed by atoms with Gasteiger partial charge in [0.15, 0.2) is 0 Å². The fourth-order valence-corrected chi connectivity index (χ4v) is 2.95. The van der Waals surface area contributed by atoms with Crippen molar-refractivity contribution < 1.29 is 14.7 Å². The van der Waals surface area contributed by atoms with Crippen LogP contribution < -0.4 is 10.6 Å². The molecule has 136 valence electrons. The van der Waals surface area contributed by atoms with Crippen LogP contribution in [0.25, 0.3) is 0 Å². The van der Waals surface area contributed by atoms with Gasteiger partial charge in [-0.2, -0.15) is 5.10 Å². The third-order valence-corrected chi connectivity index (χ3v) is 4.34. The Labute approximate surface area is 154 Å². The lowest BCUT2D eigenvalue weighted by atomic mass is 10.2. The molecule has 0 spiro atoms. The maximum absolute atomic E-state index is 12.4. The number of H-pyrrole nitrogens is 1. The number of hydrogen-bond acceptors (Lipinski definition) is 4. The van der Waals surface area contributed by atoms with Crippen LogP contribution in [0.1, 0.15) is 21.6 Å². The maximum atomic E-state index is 12.4. The number of para-hydroxylation sites is 2. The number of amides is 3. The number of benzene rings is 2. The highest BCUT2D eigenvalue weighted by Gasteiger charge is 2.29. The molecule has 4 N–H and O–H groups in total. The molecule has 2 heterocycles. The second kappa shape index (κ2) is 6.83. The molecule has 0 fully saturated rings. The van der Waals surface area contributed by atoms with Crippen LogP contribution in [0.5, 0.6) is 5.75 Å². The van der Waals surface area contributed by atoms with Gasteiger partial charge < -0.3 is 20.6 Å². The first-order chi connectivity index (χ1) is 13.1. The summed E-state index contributed by atoms with van der Waals surface area (Å²) in [7, 11) is 0. The topological polar surface area (TPSA) is 110 Å². The molecule has 4 rings (SSSR count). The molecular formula is C19H17N5O3. The number of anilines is 2. The van der Waals surface area contributed by atoms with Crippen LogP contribution in [0.3, 0.4) is 0 Å². The largest absolute Gasteiger partial charge is 0.507 e. The number of rotatable bonds is 3. The fraction of sp³-hybridized carbons (Fsp3) is 0.105. The van der Waals surface area contributed by atoms with Gasteiger partial charge in [-0.15, -0.1) is 0 Å². The Morgan fingerprint density at radius 2 is 1.74 bits per heavy atom. The molecule has 3 amide bonds. The van der Waals surface area contributed by atoms with Crippen LogP contribution in [0.2, 0.25) is 0 Å². The van der Waals surface area contributed by atoms with Crippen molar-refractivity contribution in [1.82, 2.24) is 15.1 Å². The minimum absolute atomic E-state index is 0.102. The van der Waals surface area contributed by atoms with Gasteiger partial charge in [0, 0.05) is 11.3 Å². The molecule has 3 aromatic rings. The van der Waals surface area contributed by atoms with Gasteiger partial charge in [-0.1, -0.05) is 30.3 Å². The highest BCUT2D eigenvalue weighted by atomic mass is 16.3. The number of aromatic hydroxyl groups is 1. The molecule has 0 bridgehead atoms. The SMILES string of the molecule is O=C(Nc1[nH]nc2c1CN(C(=O)Nc1ccccc1)C2)c1ccccc1O. The van der Waals surface area contributed by atoms with E-state index in [0.29, 0.717) is 30.3 Å². The third kappa shape index (κ3) is 3.32. The smallest absolute Gasteiger partial charge is 0.322 e. The second-order valence-corrected chi connectivity index (χ2v) is 6.15. The summed E-state index contributed by atoms with van der Waals surface area (Å²) in [4.78, 5) is 26.4. The Morgan fingerprint density at radius 1 is 1.00 bits per heavy atom. The number of nitrogens with zero attached hydrogens (tertiary/aromatic N) is 2. The van der Waals surface area contributed by atoms with Crippen LogP contribution in [0.4, 0.5) is 16.3 Å². The molecule has 0 saturated carbocycles. The molecule has 1 aliphatic rings. The molecule has 2 aromatic carbocycles. The standard InChI is InChI=1S/C19H17N5O3/c25-16-9-5-4-8-13(16)18(26)21-17-14-10-24(11-15(14)22-23-17)19(27)20-12-6-2-1-3-7-12/h1-9,25H,10-11H2,(H,20,27)(H2,21,22,23,26). The number of nitrogens with one attached hydrogen (secondary N) is 3. The van der Waals surface area contributed by atoms with Crippen LogP contribution in [-0.4, -0.2) is 32.1 Å². The summed E-state index contributed by atoms with van der Waals surface area (Å²) in [6, 6.07) is 15.2. The zero-order valence-electron chi connectivity index (χ0n) is 14.3. The Kier molecular flexibility index (Phi) is 4.21. The number of hydrogen-bond donors (Lipinski definition) is 4. The van der Waals surface area contributed by atoms with Crippen LogP contribution in [0, 0.1) is 0 Å². The quantitative estimate of drug-likeness (QED) is 0.573. The van der Waals surface area contributed by atoms with E-state index < -0.39 is 5.91 Å². The van der Waals surface area contributed by atoms with E-state index in [9.17, 15) is 14.7 Å². The van der Waals surface area contributed by atoms with E-state index in [1.165, 1.54) is 12.1 Å². The first kappa shape index (κ1) is 16.6. The molecule has 8 nitrogen and oxygen atoms in total. The van der Waals surface area contributed by atoms with E-state index in [1.54, 1.807) is 17.0 Å². The summed E-state index contributed by atoms with van der Waals surface area (Å²) in [6.45, 7) is 0.665. The number of phenols is 1. The Balaban J connectivity index is 1.45. The van der Waals surface area contributed by atoms with Gasteiger partial charge in [0.25, 0.3) is 5.91 Å². The molecule has 1 aliphatic heterocycles. The van der Waals surface area contributed by atoms with Crippen molar-refractivity contribution in [2.45, 2.75) is 13.1 Å². The molecule has 0 aliphatic carbocycles. The Hall–Kier alpha value is -3.81. The van der Waals surface area contributed by atoms with Crippen molar-refractivity contribution in [2.75, 3.05) is 10.6 Å². The number of aromatic nitrogens is 2. The Bertz CT molecular complexity index is 1000. The van der Waals surface area contributed by atoms with Gasteiger partial charge in [-0.3, -0.25) is 9.89 Å². The predicted molar refractivity (Wildman–Crippen MR) is 99.4 cm³/mol. The molecule has 0 radical (unpaired) electrons. The number of carbonyl (C=O) groups is 2. The second-order valence-electron chi connectivity index (χ2n) is 6.15. The predicted octanol–water partition coefficient (Wildman–Crippen LogP) is 2.92. The van der Waals surface area contributed by atoms with E-state index in [4.69, 9.17) is 0 Å². The lowest BCUT2D eigenvalue weighted by Gasteiger charge is -2.16. The van der Waals surface area contributed by atoms with Gasteiger partial charge in [0.2, 0.25) is 0 Å². The molecule has 0 saturated heterocycles. The number of phenolic OH excluding ortho intramolecular Hbond substituents is 1. The number of aromatic amines is 1. The first-order valence-electron chi connectivity index (χ1n) is 8.38. The summed E-state index contributed by atoms with van der Waals surface area (Å²) in [6.07, 6.45) is 0. The molecule has 27 heavy (non-hydrogen) atoms. The molecule has 0 unspecified atom stereocenters. The van der Waals surface area contributed by atoms with Crippen molar-refractivity contribution in [3.05, 3.63) is 71.4 Å². The van der Waals surface area contributed by atoms with E-state index in [0.717, 1.165) is 5.56 Å². The monoisotopic (exact) mass is 363 g/mol. The summed E-state index contributed by atoms with van der Waals surface area (Å²) >= 11 is 0. The highest BCUT2D eigenvalue weighted by molar-refractivity contribution is 6.06. The summed E-state index contributed by atoms with van der Waals surface area (Å²) < 4.78 is 0. The van der Waals surface area contributed by atoms with E-state index >= 15 is 0 Å². The molecule has 0 atom stereocenters. The number of fused-ring (bicyclic) bond motifs is 1.